The first-order chi connectivity index (χ1) is 8.25. The zero-order valence-electron chi connectivity index (χ0n) is 9.67. The minimum Gasteiger partial charge on any atom is -0.355 e. The second kappa shape index (κ2) is 6.38. The molecule has 2 rings (SSSR count). The molecule has 5 heteroatoms. The normalized spacial score (nSPS) is 17.0. The van der Waals surface area contributed by atoms with Crippen molar-refractivity contribution in [2.45, 2.75) is 19.3 Å². The molecule has 0 aliphatic carbocycles. The van der Waals surface area contributed by atoms with Gasteiger partial charge in [0.25, 0.3) is 0 Å². The number of thiophene rings is 1. The van der Waals surface area contributed by atoms with Crippen LogP contribution in [0.5, 0.6) is 0 Å². The van der Waals surface area contributed by atoms with Crippen LogP contribution in [0.2, 0.25) is 4.34 Å². The Hall–Kier alpha value is -0.580. The van der Waals surface area contributed by atoms with Crippen LogP contribution in [-0.2, 0) is 11.2 Å². The highest BCUT2D eigenvalue weighted by Crippen LogP contribution is 2.21. The predicted octanol–water partition coefficient (Wildman–Crippen LogP) is 2.06. The molecule has 0 atom stereocenters. The highest BCUT2D eigenvalue weighted by molar-refractivity contribution is 7.16. The fourth-order valence-corrected chi connectivity index (χ4v) is 3.11. The van der Waals surface area contributed by atoms with Crippen LogP contribution in [0, 0.1) is 5.92 Å². The smallest absolute Gasteiger partial charge is 0.223 e. The molecule has 3 nitrogen and oxygen atoms in total. The molecule has 94 valence electrons. The second-order valence-electron chi connectivity index (χ2n) is 4.27. The van der Waals surface area contributed by atoms with Crippen molar-refractivity contribution in [3.63, 3.8) is 0 Å². The number of carbonyl (C=O) groups excluding carboxylic acids is 1. The quantitative estimate of drug-likeness (QED) is 0.881. The van der Waals surface area contributed by atoms with Gasteiger partial charge in [0.1, 0.15) is 0 Å². The summed E-state index contributed by atoms with van der Waals surface area (Å²) in [5.41, 5.74) is 0. The molecule has 0 unspecified atom stereocenters. The van der Waals surface area contributed by atoms with Gasteiger partial charge < -0.3 is 10.6 Å². The molecule has 1 aromatic heterocycles. The Kier molecular flexibility index (Phi) is 4.83. The van der Waals surface area contributed by atoms with Gasteiger partial charge in [-0.15, -0.1) is 11.3 Å². The number of hydrogen-bond acceptors (Lipinski definition) is 3. The average Bonchev–Trinajstić information content (AvgIpc) is 2.76. The van der Waals surface area contributed by atoms with Gasteiger partial charge in [-0.25, -0.2) is 0 Å². The van der Waals surface area contributed by atoms with E-state index in [0.717, 1.165) is 36.7 Å². The molecule has 1 fully saturated rings. The zero-order valence-corrected chi connectivity index (χ0v) is 11.2. The van der Waals surface area contributed by atoms with Crippen LogP contribution in [-0.4, -0.2) is 25.5 Å². The Balaban J connectivity index is 1.69. The van der Waals surface area contributed by atoms with Gasteiger partial charge in [0.05, 0.1) is 4.34 Å². The van der Waals surface area contributed by atoms with E-state index in [1.165, 1.54) is 4.88 Å². The average molecular weight is 273 g/mol. The lowest BCUT2D eigenvalue weighted by Crippen LogP contribution is -2.38. The van der Waals surface area contributed by atoms with E-state index in [9.17, 15) is 4.79 Å². The van der Waals surface area contributed by atoms with Crippen molar-refractivity contribution in [3.8, 4) is 0 Å². The molecule has 0 bridgehead atoms. The van der Waals surface area contributed by atoms with E-state index in [1.54, 1.807) is 11.3 Å². The first kappa shape index (κ1) is 12.9. The van der Waals surface area contributed by atoms with Crippen molar-refractivity contribution in [2.24, 2.45) is 5.92 Å². The van der Waals surface area contributed by atoms with Gasteiger partial charge in [-0.2, -0.15) is 0 Å². The van der Waals surface area contributed by atoms with Gasteiger partial charge in [0.15, 0.2) is 0 Å². The van der Waals surface area contributed by atoms with Gasteiger partial charge in [-0.1, -0.05) is 11.6 Å². The lowest BCUT2D eigenvalue weighted by Gasteiger charge is -2.21. The van der Waals surface area contributed by atoms with Crippen LogP contribution in [0.3, 0.4) is 0 Å². The molecule has 0 spiro atoms. The predicted molar refractivity (Wildman–Crippen MR) is 71.6 cm³/mol. The highest BCUT2D eigenvalue weighted by atomic mass is 35.5. The van der Waals surface area contributed by atoms with Crippen LogP contribution < -0.4 is 10.6 Å². The van der Waals surface area contributed by atoms with Crippen LogP contribution in [0.1, 0.15) is 17.7 Å². The maximum Gasteiger partial charge on any atom is 0.223 e. The van der Waals surface area contributed by atoms with Crippen LogP contribution in [0.4, 0.5) is 0 Å². The Morgan fingerprint density at radius 3 is 2.88 bits per heavy atom. The molecule has 1 saturated heterocycles. The Morgan fingerprint density at radius 1 is 1.47 bits per heavy atom. The van der Waals surface area contributed by atoms with Crippen molar-refractivity contribution >= 4 is 28.8 Å². The number of carbonyl (C=O) groups is 1. The van der Waals surface area contributed by atoms with E-state index in [4.69, 9.17) is 11.6 Å². The van der Waals surface area contributed by atoms with E-state index >= 15 is 0 Å². The molecule has 2 heterocycles. The van der Waals surface area contributed by atoms with Gasteiger partial charge in [0.2, 0.25) is 5.91 Å². The van der Waals surface area contributed by atoms with E-state index in [0.29, 0.717) is 6.54 Å². The van der Waals surface area contributed by atoms with E-state index in [1.807, 2.05) is 12.1 Å². The summed E-state index contributed by atoms with van der Waals surface area (Å²) < 4.78 is 0.810. The number of halogens is 1. The van der Waals surface area contributed by atoms with E-state index < -0.39 is 0 Å². The summed E-state index contributed by atoms with van der Waals surface area (Å²) in [6.45, 7) is 2.62. The van der Waals surface area contributed by atoms with Crippen molar-refractivity contribution in [1.82, 2.24) is 10.6 Å². The SMILES string of the molecule is O=C(NCCc1ccc(Cl)s1)C1CCNCC1. The molecule has 2 N–H and O–H groups in total. The molecule has 17 heavy (non-hydrogen) atoms. The van der Waals surface area contributed by atoms with Gasteiger partial charge >= 0.3 is 0 Å². The van der Waals surface area contributed by atoms with Crippen LogP contribution in [0.15, 0.2) is 12.1 Å². The summed E-state index contributed by atoms with van der Waals surface area (Å²) >= 11 is 7.43. The largest absolute Gasteiger partial charge is 0.355 e. The molecule has 0 aromatic carbocycles. The molecule has 1 aromatic rings. The van der Waals surface area contributed by atoms with Crippen molar-refractivity contribution in [3.05, 3.63) is 21.3 Å². The topological polar surface area (TPSA) is 41.1 Å². The maximum absolute atomic E-state index is 11.8. The van der Waals surface area contributed by atoms with E-state index in [2.05, 4.69) is 10.6 Å². The summed E-state index contributed by atoms with van der Waals surface area (Å²) in [7, 11) is 0. The van der Waals surface area contributed by atoms with Crippen LogP contribution >= 0.6 is 22.9 Å². The molecular weight excluding hydrogens is 256 g/mol. The van der Waals surface area contributed by atoms with Gasteiger partial charge in [-0.05, 0) is 44.5 Å². The second-order valence-corrected chi connectivity index (χ2v) is 6.07. The van der Waals surface area contributed by atoms with Crippen molar-refractivity contribution in [2.75, 3.05) is 19.6 Å². The monoisotopic (exact) mass is 272 g/mol. The van der Waals surface area contributed by atoms with Gasteiger partial charge in [0, 0.05) is 17.3 Å². The summed E-state index contributed by atoms with van der Waals surface area (Å²) in [6, 6.07) is 3.92. The third-order valence-electron chi connectivity index (χ3n) is 3.01. The molecule has 1 amide bonds. The van der Waals surface area contributed by atoms with E-state index in [-0.39, 0.29) is 11.8 Å². The Labute approximate surface area is 111 Å². The molecule has 0 radical (unpaired) electrons. The number of rotatable bonds is 4. The first-order valence-electron chi connectivity index (χ1n) is 5.98. The Bertz CT molecular complexity index is 374. The van der Waals surface area contributed by atoms with Crippen LogP contribution in [0.25, 0.3) is 0 Å². The number of piperidine rings is 1. The summed E-state index contributed by atoms with van der Waals surface area (Å²) in [6.07, 6.45) is 2.78. The highest BCUT2D eigenvalue weighted by Gasteiger charge is 2.20. The minimum absolute atomic E-state index is 0.197. The molecule has 0 saturated carbocycles. The van der Waals surface area contributed by atoms with Crippen molar-refractivity contribution < 1.29 is 4.79 Å². The number of nitrogens with one attached hydrogen (secondary N) is 2. The Morgan fingerprint density at radius 2 is 2.24 bits per heavy atom. The summed E-state index contributed by atoms with van der Waals surface area (Å²) in [5.74, 6) is 0.400. The molecular formula is C12H17ClN2OS. The number of hydrogen-bond donors (Lipinski definition) is 2. The maximum atomic E-state index is 11.8. The van der Waals surface area contributed by atoms with Gasteiger partial charge in [-0.3, -0.25) is 4.79 Å². The summed E-state index contributed by atoms with van der Waals surface area (Å²) in [5, 5.41) is 6.27. The number of amides is 1. The molecule has 1 aliphatic heterocycles. The third kappa shape index (κ3) is 3.98. The lowest BCUT2D eigenvalue weighted by atomic mass is 9.97. The summed E-state index contributed by atoms with van der Waals surface area (Å²) in [4.78, 5) is 13.1. The fraction of sp³-hybridized carbons (Fsp3) is 0.583. The van der Waals surface area contributed by atoms with Crippen molar-refractivity contribution in [1.29, 1.82) is 0 Å². The minimum atomic E-state index is 0.197. The first-order valence-corrected chi connectivity index (χ1v) is 7.18. The molecule has 1 aliphatic rings. The standard InChI is InChI=1S/C12H17ClN2OS/c13-11-2-1-10(17-11)5-8-15-12(16)9-3-6-14-7-4-9/h1-2,9,14H,3-8H2,(H,15,16). The fourth-order valence-electron chi connectivity index (χ4n) is 2.02. The lowest BCUT2D eigenvalue weighted by molar-refractivity contribution is -0.125. The zero-order chi connectivity index (χ0) is 12.1. The third-order valence-corrected chi connectivity index (χ3v) is 4.30.